The van der Waals surface area contributed by atoms with Crippen LogP contribution in [0.5, 0.6) is 5.75 Å². The Labute approximate surface area is 178 Å². The van der Waals surface area contributed by atoms with E-state index < -0.39 is 0 Å². The minimum absolute atomic E-state index is 0.167. The molecule has 0 spiro atoms. The number of carbonyl (C=O) groups is 1. The van der Waals surface area contributed by atoms with Crippen LogP contribution in [-0.2, 0) is 11.3 Å². The zero-order valence-corrected chi connectivity index (χ0v) is 17.6. The van der Waals surface area contributed by atoms with Gasteiger partial charge in [-0.1, -0.05) is 41.6 Å². The van der Waals surface area contributed by atoms with Gasteiger partial charge in [-0.05, 0) is 37.3 Å². The van der Waals surface area contributed by atoms with Crippen LogP contribution in [0.2, 0.25) is 5.02 Å². The van der Waals surface area contributed by atoms with Gasteiger partial charge in [0.25, 0.3) is 5.91 Å². The standard InChI is InChI=1S/C20H20ClN5O2S/c1-3-26-19(14-8-10-16(28-2)11-9-14)24-25-20(26)29-13-18(27)23-22-12-15-6-4-5-7-17(15)21/h4-12H,3,13H2,1-2H3,(H,23,27). The summed E-state index contributed by atoms with van der Waals surface area (Å²) >= 11 is 7.36. The molecule has 0 radical (unpaired) electrons. The molecule has 0 aliphatic carbocycles. The number of hydrogen-bond donors (Lipinski definition) is 1. The number of halogens is 1. The van der Waals surface area contributed by atoms with Gasteiger partial charge in [0.1, 0.15) is 5.75 Å². The van der Waals surface area contributed by atoms with Crippen LogP contribution in [0.15, 0.2) is 58.8 Å². The zero-order valence-electron chi connectivity index (χ0n) is 16.0. The number of methoxy groups -OCH3 is 1. The summed E-state index contributed by atoms with van der Waals surface area (Å²) in [6.45, 7) is 2.69. The molecule has 3 aromatic rings. The molecule has 1 N–H and O–H groups in total. The van der Waals surface area contributed by atoms with Crippen molar-refractivity contribution in [3.8, 4) is 17.1 Å². The van der Waals surface area contributed by atoms with E-state index >= 15 is 0 Å². The molecule has 2 aromatic carbocycles. The maximum atomic E-state index is 12.1. The average molecular weight is 430 g/mol. The topological polar surface area (TPSA) is 81.4 Å². The third-order valence-electron chi connectivity index (χ3n) is 4.01. The first-order valence-corrected chi connectivity index (χ1v) is 10.3. The molecular formula is C20H20ClN5O2S. The maximum Gasteiger partial charge on any atom is 0.250 e. The molecule has 1 aromatic heterocycles. The van der Waals surface area contributed by atoms with Crippen molar-refractivity contribution < 1.29 is 9.53 Å². The molecule has 0 unspecified atom stereocenters. The highest BCUT2D eigenvalue weighted by atomic mass is 35.5. The lowest BCUT2D eigenvalue weighted by Gasteiger charge is -2.07. The number of benzene rings is 2. The van der Waals surface area contributed by atoms with Crippen molar-refractivity contribution in [1.29, 1.82) is 0 Å². The van der Waals surface area contributed by atoms with Gasteiger partial charge in [0, 0.05) is 22.7 Å². The number of nitrogens with one attached hydrogen (secondary N) is 1. The Morgan fingerprint density at radius 1 is 1.24 bits per heavy atom. The Morgan fingerprint density at radius 3 is 2.69 bits per heavy atom. The highest BCUT2D eigenvalue weighted by Crippen LogP contribution is 2.25. The minimum Gasteiger partial charge on any atom is -0.497 e. The molecule has 0 fully saturated rings. The molecule has 1 heterocycles. The Bertz CT molecular complexity index is 1000. The van der Waals surface area contributed by atoms with Crippen LogP contribution in [0.25, 0.3) is 11.4 Å². The third kappa shape index (κ3) is 5.36. The number of rotatable bonds is 8. The van der Waals surface area contributed by atoms with Crippen LogP contribution < -0.4 is 10.2 Å². The van der Waals surface area contributed by atoms with E-state index in [1.54, 1.807) is 13.2 Å². The van der Waals surface area contributed by atoms with Crippen molar-refractivity contribution in [2.24, 2.45) is 5.10 Å². The molecule has 0 bridgehead atoms. The van der Waals surface area contributed by atoms with Crippen LogP contribution >= 0.6 is 23.4 Å². The van der Waals surface area contributed by atoms with E-state index in [0.717, 1.165) is 22.7 Å². The highest BCUT2D eigenvalue weighted by Gasteiger charge is 2.14. The van der Waals surface area contributed by atoms with Gasteiger partial charge in [-0.25, -0.2) is 5.43 Å². The molecule has 7 nitrogen and oxygen atoms in total. The molecule has 29 heavy (non-hydrogen) atoms. The second-order valence-electron chi connectivity index (χ2n) is 5.88. The van der Waals surface area contributed by atoms with Crippen LogP contribution in [0.3, 0.4) is 0 Å². The number of hydrazone groups is 1. The molecule has 3 rings (SSSR count). The number of thioether (sulfide) groups is 1. The lowest BCUT2D eigenvalue weighted by Crippen LogP contribution is -2.20. The third-order valence-corrected chi connectivity index (χ3v) is 5.32. The van der Waals surface area contributed by atoms with Crippen molar-refractivity contribution in [3.05, 3.63) is 59.1 Å². The van der Waals surface area contributed by atoms with Gasteiger partial charge in [-0.2, -0.15) is 5.10 Å². The van der Waals surface area contributed by atoms with E-state index in [1.807, 2.05) is 54.0 Å². The van der Waals surface area contributed by atoms with Gasteiger partial charge in [0.2, 0.25) is 0 Å². The Kier molecular flexibility index (Phi) is 7.26. The number of nitrogens with zero attached hydrogens (tertiary/aromatic N) is 4. The summed E-state index contributed by atoms with van der Waals surface area (Å²) in [4.78, 5) is 12.1. The number of hydrogen-bond acceptors (Lipinski definition) is 6. The number of ether oxygens (including phenoxy) is 1. The lowest BCUT2D eigenvalue weighted by atomic mass is 10.2. The first-order valence-electron chi connectivity index (χ1n) is 8.89. The van der Waals surface area contributed by atoms with Crippen molar-refractivity contribution in [2.45, 2.75) is 18.6 Å². The number of aromatic nitrogens is 3. The fourth-order valence-electron chi connectivity index (χ4n) is 2.55. The quantitative estimate of drug-likeness (QED) is 0.334. The maximum absolute atomic E-state index is 12.1. The van der Waals surface area contributed by atoms with E-state index in [0.29, 0.717) is 16.7 Å². The largest absolute Gasteiger partial charge is 0.497 e. The van der Waals surface area contributed by atoms with Crippen LogP contribution in [0.4, 0.5) is 0 Å². The average Bonchev–Trinajstić information content (AvgIpc) is 3.16. The second kappa shape index (κ2) is 10.1. The Balaban J connectivity index is 1.61. The van der Waals surface area contributed by atoms with Crippen LogP contribution in [0, 0.1) is 0 Å². The van der Waals surface area contributed by atoms with E-state index in [2.05, 4.69) is 20.7 Å². The molecular weight excluding hydrogens is 410 g/mol. The van der Waals surface area contributed by atoms with E-state index in [-0.39, 0.29) is 11.7 Å². The van der Waals surface area contributed by atoms with Crippen molar-refractivity contribution in [2.75, 3.05) is 12.9 Å². The molecule has 150 valence electrons. The summed E-state index contributed by atoms with van der Waals surface area (Å²) in [6, 6.07) is 14.9. The number of carbonyl (C=O) groups excluding carboxylic acids is 1. The molecule has 0 aliphatic rings. The first-order chi connectivity index (χ1) is 14.1. The zero-order chi connectivity index (χ0) is 20.6. The molecule has 0 saturated carbocycles. The van der Waals surface area contributed by atoms with Crippen LogP contribution in [-0.4, -0.2) is 39.7 Å². The predicted molar refractivity (Wildman–Crippen MR) is 116 cm³/mol. The van der Waals surface area contributed by atoms with E-state index in [9.17, 15) is 4.79 Å². The van der Waals surface area contributed by atoms with Crippen molar-refractivity contribution >= 4 is 35.5 Å². The fourth-order valence-corrected chi connectivity index (χ4v) is 3.53. The SMILES string of the molecule is CCn1c(SCC(=O)NN=Cc2ccccc2Cl)nnc1-c1ccc(OC)cc1. The van der Waals surface area contributed by atoms with Gasteiger partial charge >= 0.3 is 0 Å². The summed E-state index contributed by atoms with van der Waals surface area (Å²) in [5.41, 5.74) is 4.16. The highest BCUT2D eigenvalue weighted by molar-refractivity contribution is 7.99. The summed E-state index contributed by atoms with van der Waals surface area (Å²) in [6.07, 6.45) is 1.52. The van der Waals surface area contributed by atoms with E-state index in [1.165, 1.54) is 18.0 Å². The minimum atomic E-state index is -0.241. The molecule has 0 atom stereocenters. The summed E-state index contributed by atoms with van der Waals surface area (Å²) in [7, 11) is 1.63. The van der Waals surface area contributed by atoms with Crippen LogP contribution in [0.1, 0.15) is 12.5 Å². The lowest BCUT2D eigenvalue weighted by molar-refractivity contribution is -0.118. The normalized spacial score (nSPS) is 11.0. The second-order valence-corrected chi connectivity index (χ2v) is 7.23. The van der Waals surface area contributed by atoms with Gasteiger partial charge in [0.05, 0.1) is 19.1 Å². The van der Waals surface area contributed by atoms with Gasteiger partial charge < -0.3 is 9.30 Å². The van der Waals surface area contributed by atoms with Crippen molar-refractivity contribution in [3.63, 3.8) is 0 Å². The monoisotopic (exact) mass is 429 g/mol. The Morgan fingerprint density at radius 2 is 2.00 bits per heavy atom. The van der Waals surface area contributed by atoms with E-state index in [4.69, 9.17) is 16.3 Å². The fraction of sp³-hybridized carbons (Fsp3) is 0.200. The molecule has 0 saturated heterocycles. The predicted octanol–water partition coefficient (Wildman–Crippen LogP) is 3.87. The van der Waals surface area contributed by atoms with Gasteiger partial charge in [0.15, 0.2) is 11.0 Å². The first kappa shape index (κ1) is 20.9. The Hall–Kier alpha value is -2.84. The smallest absolute Gasteiger partial charge is 0.250 e. The summed E-state index contributed by atoms with van der Waals surface area (Å²) < 4.78 is 7.15. The molecule has 1 amide bonds. The van der Waals surface area contributed by atoms with Gasteiger partial charge in [-0.3, -0.25) is 4.79 Å². The van der Waals surface area contributed by atoms with Gasteiger partial charge in [-0.15, -0.1) is 10.2 Å². The van der Waals surface area contributed by atoms with Crippen molar-refractivity contribution in [1.82, 2.24) is 20.2 Å². The molecule has 0 aliphatic heterocycles. The molecule has 9 heteroatoms. The summed E-state index contributed by atoms with van der Waals surface area (Å²) in [5.74, 6) is 1.45. The number of amides is 1. The summed E-state index contributed by atoms with van der Waals surface area (Å²) in [5, 5.41) is 13.7.